The third kappa shape index (κ3) is 7.57. The van der Waals surface area contributed by atoms with Crippen molar-refractivity contribution in [2.24, 2.45) is 17.8 Å². The van der Waals surface area contributed by atoms with Gasteiger partial charge in [-0.25, -0.2) is 0 Å². The van der Waals surface area contributed by atoms with Crippen LogP contribution in [0.25, 0.3) is 0 Å². The van der Waals surface area contributed by atoms with Gasteiger partial charge < -0.3 is 0 Å². The van der Waals surface area contributed by atoms with E-state index in [1.807, 2.05) is 12.1 Å². The predicted octanol–water partition coefficient (Wildman–Crippen LogP) is 8.50. The Bertz CT molecular complexity index is 655. The van der Waals surface area contributed by atoms with E-state index in [-0.39, 0.29) is 6.67 Å². The summed E-state index contributed by atoms with van der Waals surface area (Å²) in [6, 6.07) is 10.5. The molecule has 0 radical (unpaired) electrons. The van der Waals surface area contributed by atoms with Crippen molar-refractivity contribution >= 4 is 0 Å². The highest BCUT2D eigenvalue weighted by molar-refractivity contribution is 5.33. The first-order valence-electron chi connectivity index (χ1n) is 12.5. The van der Waals surface area contributed by atoms with Crippen LogP contribution in [0.15, 0.2) is 36.4 Å². The van der Waals surface area contributed by atoms with E-state index in [2.05, 4.69) is 30.4 Å². The van der Waals surface area contributed by atoms with E-state index in [1.165, 1.54) is 76.2 Å². The quantitative estimate of drug-likeness (QED) is 0.281. The Morgan fingerprint density at radius 1 is 0.800 bits per heavy atom. The maximum atomic E-state index is 12.1. The molecule has 2 aliphatic carbocycles. The number of unbranched alkanes of at least 4 members (excludes halogenated alkanes) is 2. The number of halogens is 1. The van der Waals surface area contributed by atoms with Crippen LogP contribution < -0.4 is 0 Å². The summed E-state index contributed by atoms with van der Waals surface area (Å²) in [5.74, 6) is 3.49. The predicted molar refractivity (Wildman–Crippen MR) is 124 cm³/mol. The number of alkyl halides is 1. The molecule has 0 aromatic heterocycles. The van der Waals surface area contributed by atoms with Gasteiger partial charge >= 0.3 is 0 Å². The molecule has 1 aromatic carbocycles. The fraction of sp³-hybridized carbons (Fsp3) is 0.679. The zero-order valence-electron chi connectivity index (χ0n) is 18.7. The van der Waals surface area contributed by atoms with Gasteiger partial charge in [-0.2, -0.15) is 5.26 Å². The standard InChI is InChI=1S/C28H40FN/c29-21-5-3-1-2-4-6-23-7-9-24(10-8-23)11-12-25-13-17-27(18-14-25)28-19-15-26(22-30)16-20-28/h2,4,15-16,19-20,23-25,27H,1,3,5-14,17-18,21H2. The molecule has 0 N–H and O–H groups in total. The number of rotatable bonds is 10. The van der Waals surface area contributed by atoms with Crippen molar-refractivity contribution in [1.82, 2.24) is 0 Å². The fourth-order valence-corrected chi connectivity index (χ4v) is 5.60. The van der Waals surface area contributed by atoms with Gasteiger partial charge in [0, 0.05) is 0 Å². The molecule has 1 aromatic rings. The molecule has 0 bridgehead atoms. The average Bonchev–Trinajstić information content (AvgIpc) is 2.81. The number of nitrogens with zero attached hydrogens (tertiary/aromatic N) is 1. The Kier molecular flexibility index (Phi) is 9.94. The lowest BCUT2D eigenvalue weighted by atomic mass is 9.74. The van der Waals surface area contributed by atoms with Crippen molar-refractivity contribution in [3.63, 3.8) is 0 Å². The number of allylic oxidation sites excluding steroid dienone is 2. The van der Waals surface area contributed by atoms with E-state index in [9.17, 15) is 4.39 Å². The summed E-state index contributed by atoms with van der Waals surface area (Å²) in [6.45, 7) is -0.170. The van der Waals surface area contributed by atoms with Crippen molar-refractivity contribution in [1.29, 1.82) is 5.26 Å². The van der Waals surface area contributed by atoms with Crippen LogP contribution in [0.4, 0.5) is 4.39 Å². The molecule has 2 saturated carbocycles. The first-order valence-corrected chi connectivity index (χ1v) is 12.5. The van der Waals surface area contributed by atoms with Crippen LogP contribution in [0.1, 0.15) is 107 Å². The summed E-state index contributed by atoms with van der Waals surface area (Å²) >= 11 is 0. The molecule has 0 aliphatic heterocycles. The second-order valence-electron chi connectivity index (χ2n) is 9.81. The maximum absolute atomic E-state index is 12.1. The van der Waals surface area contributed by atoms with Gasteiger partial charge in [-0.1, -0.05) is 50.0 Å². The van der Waals surface area contributed by atoms with Gasteiger partial charge in [0.2, 0.25) is 0 Å². The van der Waals surface area contributed by atoms with Gasteiger partial charge in [0.1, 0.15) is 0 Å². The summed E-state index contributed by atoms with van der Waals surface area (Å²) in [4.78, 5) is 0. The van der Waals surface area contributed by atoms with Gasteiger partial charge in [0.25, 0.3) is 0 Å². The van der Waals surface area contributed by atoms with Crippen LogP contribution in [0, 0.1) is 29.1 Å². The van der Waals surface area contributed by atoms with Crippen LogP contribution in [0.3, 0.4) is 0 Å². The molecule has 0 amide bonds. The van der Waals surface area contributed by atoms with Crippen LogP contribution in [0.2, 0.25) is 0 Å². The zero-order chi connectivity index (χ0) is 21.0. The van der Waals surface area contributed by atoms with E-state index in [4.69, 9.17) is 5.26 Å². The number of hydrogen-bond donors (Lipinski definition) is 0. The van der Waals surface area contributed by atoms with E-state index < -0.39 is 0 Å². The highest BCUT2D eigenvalue weighted by Gasteiger charge is 2.25. The summed E-state index contributed by atoms with van der Waals surface area (Å²) in [7, 11) is 0. The Morgan fingerprint density at radius 2 is 1.40 bits per heavy atom. The molecular formula is C28H40FN. The maximum Gasteiger partial charge on any atom is 0.0991 e. The largest absolute Gasteiger partial charge is 0.251 e. The summed E-state index contributed by atoms with van der Waals surface area (Å²) < 4.78 is 12.1. The average molecular weight is 410 g/mol. The van der Waals surface area contributed by atoms with Crippen molar-refractivity contribution in [3.05, 3.63) is 47.5 Å². The zero-order valence-corrected chi connectivity index (χ0v) is 18.7. The van der Waals surface area contributed by atoms with E-state index in [0.29, 0.717) is 12.3 Å². The Balaban J connectivity index is 1.27. The fourth-order valence-electron chi connectivity index (χ4n) is 5.60. The number of benzene rings is 1. The molecule has 164 valence electrons. The molecule has 2 fully saturated rings. The topological polar surface area (TPSA) is 23.8 Å². The van der Waals surface area contributed by atoms with Gasteiger partial charge in [-0.3, -0.25) is 4.39 Å². The molecular weight excluding hydrogens is 369 g/mol. The molecule has 30 heavy (non-hydrogen) atoms. The Labute approximate surface area is 183 Å². The van der Waals surface area contributed by atoms with Gasteiger partial charge in [-0.15, -0.1) is 0 Å². The van der Waals surface area contributed by atoms with Crippen LogP contribution in [0.5, 0.6) is 0 Å². The third-order valence-corrected chi connectivity index (χ3v) is 7.70. The lowest BCUT2D eigenvalue weighted by molar-refractivity contribution is 0.231. The lowest BCUT2D eigenvalue weighted by Gasteiger charge is -2.32. The van der Waals surface area contributed by atoms with Gasteiger partial charge in [0.05, 0.1) is 18.3 Å². The number of nitriles is 1. The summed E-state index contributed by atoms with van der Waals surface area (Å²) in [5, 5.41) is 8.97. The SMILES string of the molecule is N#Cc1ccc(C2CCC(CCC3CCC(CC=CCCCCF)CC3)CC2)cc1. The first-order chi connectivity index (χ1) is 14.8. The van der Waals surface area contributed by atoms with E-state index >= 15 is 0 Å². The minimum absolute atomic E-state index is 0.170. The molecule has 2 aliphatic rings. The smallest absolute Gasteiger partial charge is 0.0991 e. The molecule has 0 saturated heterocycles. The highest BCUT2D eigenvalue weighted by Crippen LogP contribution is 2.40. The van der Waals surface area contributed by atoms with E-state index in [0.717, 1.165) is 36.2 Å². The molecule has 0 spiro atoms. The summed E-state index contributed by atoms with van der Waals surface area (Å²) in [6.07, 6.45) is 22.6. The minimum atomic E-state index is -0.170. The van der Waals surface area contributed by atoms with Crippen LogP contribution in [-0.4, -0.2) is 6.67 Å². The minimum Gasteiger partial charge on any atom is -0.251 e. The number of hydrogen-bond acceptors (Lipinski definition) is 1. The van der Waals surface area contributed by atoms with Gasteiger partial charge in [0.15, 0.2) is 0 Å². The van der Waals surface area contributed by atoms with Crippen molar-refractivity contribution < 1.29 is 4.39 Å². The second-order valence-corrected chi connectivity index (χ2v) is 9.81. The lowest BCUT2D eigenvalue weighted by Crippen LogP contribution is -2.17. The van der Waals surface area contributed by atoms with Crippen molar-refractivity contribution in [3.8, 4) is 6.07 Å². The molecule has 2 heteroatoms. The molecule has 1 nitrogen and oxygen atoms in total. The first kappa shape index (κ1) is 23.1. The van der Waals surface area contributed by atoms with Crippen LogP contribution in [-0.2, 0) is 0 Å². The van der Waals surface area contributed by atoms with Gasteiger partial charge in [-0.05, 0) is 106 Å². The van der Waals surface area contributed by atoms with E-state index in [1.54, 1.807) is 0 Å². The monoisotopic (exact) mass is 409 g/mol. The molecule has 3 rings (SSSR count). The Hall–Kier alpha value is -1.62. The van der Waals surface area contributed by atoms with Crippen LogP contribution >= 0.6 is 0 Å². The molecule has 0 heterocycles. The normalized spacial score (nSPS) is 27.2. The molecule has 0 atom stereocenters. The third-order valence-electron chi connectivity index (χ3n) is 7.70. The molecule has 0 unspecified atom stereocenters. The van der Waals surface area contributed by atoms with Crippen molar-refractivity contribution in [2.45, 2.75) is 95.8 Å². The second kappa shape index (κ2) is 12.9. The Morgan fingerprint density at radius 3 is 2.00 bits per heavy atom. The van der Waals surface area contributed by atoms with Crippen molar-refractivity contribution in [2.75, 3.05) is 6.67 Å². The summed E-state index contributed by atoms with van der Waals surface area (Å²) in [5.41, 5.74) is 2.20. The highest BCUT2D eigenvalue weighted by atomic mass is 19.1.